The van der Waals surface area contributed by atoms with E-state index < -0.39 is 0 Å². The summed E-state index contributed by atoms with van der Waals surface area (Å²) >= 11 is 5.34. The lowest BCUT2D eigenvalue weighted by molar-refractivity contribution is 0.475. The quantitative estimate of drug-likeness (QED) is 0.837. The van der Waals surface area contributed by atoms with E-state index in [1.807, 2.05) is 11.3 Å². The molecule has 0 amide bonds. The summed E-state index contributed by atoms with van der Waals surface area (Å²) in [5.41, 5.74) is 0. The molecule has 0 fully saturated rings. The molecule has 1 rings (SSSR count). The van der Waals surface area contributed by atoms with Crippen molar-refractivity contribution in [2.24, 2.45) is 11.8 Å². The lowest BCUT2D eigenvalue weighted by Gasteiger charge is -2.12. The van der Waals surface area contributed by atoms with E-state index in [1.54, 1.807) is 0 Å². The maximum absolute atomic E-state index is 3.50. The molecular formula is C12H20BrNS. The van der Waals surface area contributed by atoms with Crippen molar-refractivity contribution in [2.45, 2.75) is 27.2 Å². The predicted molar refractivity (Wildman–Crippen MR) is 72.6 cm³/mol. The molecule has 1 aromatic heterocycles. The summed E-state index contributed by atoms with van der Waals surface area (Å²) in [6.07, 6.45) is 1.18. The van der Waals surface area contributed by atoms with Crippen molar-refractivity contribution in [3.05, 3.63) is 20.8 Å². The first-order valence-electron chi connectivity index (χ1n) is 5.53. The van der Waals surface area contributed by atoms with Crippen molar-refractivity contribution < 1.29 is 0 Å². The predicted octanol–water partition coefficient (Wildman–Crippen LogP) is 3.93. The molecule has 15 heavy (non-hydrogen) atoms. The summed E-state index contributed by atoms with van der Waals surface area (Å²) in [5.74, 6) is 1.46. The van der Waals surface area contributed by atoms with Gasteiger partial charge in [0.25, 0.3) is 0 Å². The fourth-order valence-electron chi connectivity index (χ4n) is 1.50. The van der Waals surface area contributed by atoms with Crippen LogP contribution in [0, 0.1) is 11.8 Å². The van der Waals surface area contributed by atoms with Crippen molar-refractivity contribution in [2.75, 3.05) is 13.1 Å². The standard InChI is InChI=1S/C12H20BrNS/c1-9(2)7-14-8-10(3)6-11-4-5-12(13)15-11/h4-5,9-10,14H,6-8H2,1-3H3. The van der Waals surface area contributed by atoms with E-state index in [-0.39, 0.29) is 0 Å². The monoisotopic (exact) mass is 289 g/mol. The molecule has 0 spiro atoms. The van der Waals surface area contributed by atoms with Crippen LogP contribution in [0.5, 0.6) is 0 Å². The Kier molecular flexibility index (Phi) is 5.87. The van der Waals surface area contributed by atoms with E-state index in [4.69, 9.17) is 0 Å². The molecule has 1 atom stereocenters. The van der Waals surface area contributed by atoms with Crippen LogP contribution in [0.3, 0.4) is 0 Å². The van der Waals surface area contributed by atoms with Gasteiger partial charge in [0.1, 0.15) is 0 Å². The Morgan fingerprint density at radius 3 is 2.53 bits per heavy atom. The molecule has 0 bridgehead atoms. The summed E-state index contributed by atoms with van der Waals surface area (Å²) < 4.78 is 1.24. The summed E-state index contributed by atoms with van der Waals surface area (Å²) in [7, 11) is 0. The van der Waals surface area contributed by atoms with Crippen molar-refractivity contribution in [3.63, 3.8) is 0 Å². The van der Waals surface area contributed by atoms with Crippen LogP contribution in [0.1, 0.15) is 25.6 Å². The van der Waals surface area contributed by atoms with Gasteiger partial charge in [0.2, 0.25) is 0 Å². The Balaban J connectivity index is 2.21. The van der Waals surface area contributed by atoms with Crippen molar-refractivity contribution in [1.29, 1.82) is 0 Å². The van der Waals surface area contributed by atoms with Gasteiger partial charge >= 0.3 is 0 Å². The fraction of sp³-hybridized carbons (Fsp3) is 0.667. The van der Waals surface area contributed by atoms with Gasteiger partial charge in [0, 0.05) is 4.88 Å². The zero-order valence-electron chi connectivity index (χ0n) is 9.72. The van der Waals surface area contributed by atoms with Crippen LogP contribution in [0.2, 0.25) is 0 Å². The second-order valence-corrected chi connectivity index (χ2v) is 7.11. The van der Waals surface area contributed by atoms with Crippen molar-refractivity contribution >= 4 is 27.3 Å². The first-order chi connectivity index (χ1) is 7.08. The summed E-state index contributed by atoms with van der Waals surface area (Å²) in [6.45, 7) is 9.04. The Labute approximate surface area is 105 Å². The number of thiophene rings is 1. The minimum atomic E-state index is 0.717. The number of hydrogen-bond donors (Lipinski definition) is 1. The maximum atomic E-state index is 3.50. The van der Waals surface area contributed by atoms with Gasteiger partial charge in [0.15, 0.2) is 0 Å². The molecule has 3 heteroatoms. The average molecular weight is 290 g/mol. The highest BCUT2D eigenvalue weighted by molar-refractivity contribution is 9.11. The topological polar surface area (TPSA) is 12.0 Å². The van der Waals surface area contributed by atoms with E-state index in [0.717, 1.165) is 19.0 Å². The molecule has 0 aliphatic heterocycles. The minimum Gasteiger partial charge on any atom is -0.316 e. The van der Waals surface area contributed by atoms with Gasteiger partial charge in [0.05, 0.1) is 3.79 Å². The Morgan fingerprint density at radius 1 is 1.27 bits per heavy atom. The van der Waals surface area contributed by atoms with Crippen LogP contribution in [0.4, 0.5) is 0 Å². The average Bonchev–Trinajstić information content (AvgIpc) is 2.50. The highest BCUT2D eigenvalue weighted by atomic mass is 79.9. The third kappa shape index (κ3) is 5.69. The van der Waals surface area contributed by atoms with Crippen LogP contribution in [-0.4, -0.2) is 13.1 Å². The molecule has 86 valence electrons. The summed E-state index contributed by atoms with van der Waals surface area (Å²) in [5, 5.41) is 3.50. The molecular weight excluding hydrogens is 270 g/mol. The van der Waals surface area contributed by atoms with E-state index in [1.165, 1.54) is 15.1 Å². The number of halogens is 1. The Bertz CT molecular complexity index is 283. The van der Waals surface area contributed by atoms with Gasteiger partial charge in [-0.2, -0.15) is 0 Å². The fourth-order valence-corrected chi connectivity index (χ4v) is 3.14. The first-order valence-corrected chi connectivity index (χ1v) is 7.13. The summed E-state index contributed by atoms with van der Waals surface area (Å²) in [4.78, 5) is 1.47. The number of hydrogen-bond acceptors (Lipinski definition) is 2. The number of nitrogens with one attached hydrogen (secondary N) is 1. The van der Waals surface area contributed by atoms with E-state index in [2.05, 4.69) is 54.2 Å². The summed E-state index contributed by atoms with van der Waals surface area (Å²) in [6, 6.07) is 4.35. The van der Waals surface area contributed by atoms with E-state index >= 15 is 0 Å². The second-order valence-electron chi connectivity index (χ2n) is 4.57. The second kappa shape index (κ2) is 6.66. The highest BCUT2D eigenvalue weighted by Gasteiger charge is 2.05. The van der Waals surface area contributed by atoms with Crippen LogP contribution in [0.15, 0.2) is 15.9 Å². The van der Waals surface area contributed by atoms with E-state index in [0.29, 0.717) is 5.92 Å². The van der Waals surface area contributed by atoms with Gasteiger partial charge in [-0.1, -0.05) is 20.8 Å². The first kappa shape index (κ1) is 13.2. The van der Waals surface area contributed by atoms with Gasteiger partial charge in [-0.3, -0.25) is 0 Å². The van der Waals surface area contributed by atoms with Crippen molar-refractivity contribution in [3.8, 4) is 0 Å². The lowest BCUT2D eigenvalue weighted by Crippen LogP contribution is -2.25. The van der Waals surface area contributed by atoms with Crippen LogP contribution >= 0.6 is 27.3 Å². The molecule has 0 radical (unpaired) electrons. The van der Waals surface area contributed by atoms with Gasteiger partial charge < -0.3 is 5.32 Å². The molecule has 1 N–H and O–H groups in total. The molecule has 0 aliphatic carbocycles. The Morgan fingerprint density at radius 2 is 2.00 bits per heavy atom. The van der Waals surface area contributed by atoms with Crippen molar-refractivity contribution in [1.82, 2.24) is 5.32 Å². The Hall–Kier alpha value is 0.140. The molecule has 1 aromatic rings. The molecule has 1 unspecified atom stereocenters. The zero-order chi connectivity index (χ0) is 11.3. The number of rotatable bonds is 6. The molecule has 0 aromatic carbocycles. The largest absolute Gasteiger partial charge is 0.316 e. The highest BCUT2D eigenvalue weighted by Crippen LogP contribution is 2.24. The van der Waals surface area contributed by atoms with Crippen LogP contribution in [-0.2, 0) is 6.42 Å². The molecule has 0 aliphatic rings. The van der Waals surface area contributed by atoms with Crippen LogP contribution < -0.4 is 5.32 Å². The van der Waals surface area contributed by atoms with Gasteiger partial charge in [-0.05, 0) is 59.4 Å². The smallest absolute Gasteiger partial charge is 0.0701 e. The lowest BCUT2D eigenvalue weighted by atomic mass is 10.1. The third-order valence-corrected chi connectivity index (χ3v) is 3.87. The maximum Gasteiger partial charge on any atom is 0.0701 e. The molecule has 1 nitrogen and oxygen atoms in total. The van der Waals surface area contributed by atoms with Gasteiger partial charge in [-0.15, -0.1) is 11.3 Å². The van der Waals surface area contributed by atoms with Crippen LogP contribution in [0.25, 0.3) is 0 Å². The molecule has 0 saturated carbocycles. The van der Waals surface area contributed by atoms with Gasteiger partial charge in [-0.25, -0.2) is 0 Å². The normalized spacial score (nSPS) is 13.4. The third-order valence-electron chi connectivity index (χ3n) is 2.22. The molecule has 0 saturated heterocycles. The SMILES string of the molecule is CC(C)CNCC(C)Cc1ccc(Br)s1. The minimum absolute atomic E-state index is 0.717. The zero-order valence-corrected chi connectivity index (χ0v) is 12.1. The van der Waals surface area contributed by atoms with E-state index in [9.17, 15) is 0 Å². The molecule has 1 heterocycles.